The Hall–Kier alpha value is -1.82. The molecular formula is C14H16F3N3. The van der Waals surface area contributed by atoms with Crippen LogP contribution in [0.1, 0.15) is 17.5 Å². The van der Waals surface area contributed by atoms with Crippen LogP contribution in [0, 0.1) is 0 Å². The smallest absolute Gasteiger partial charge is 0.313 e. The van der Waals surface area contributed by atoms with Crippen molar-refractivity contribution in [2.45, 2.75) is 25.7 Å². The van der Waals surface area contributed by atoms with E-state index in [0.29, 0.717) is 12.1 Å². The third-order valence-corrected chi connectivity index (χ3v) is 2.88. The van der Waals surface area contributed by atoms with Gasteiger partial charge in [0.2, 0.25) is 0 Å². The minimum absolute atomic E-state index is 0.434. The molecule has 0 bridgehead atoms. The predicted molar refractivity (Wildman–Crippen MR) is 70.0 cm³/mol. The molecule has 0 saturated heterocycles. The first kappa shape index (κ1) is 14.6. The van der Waals surface area contributed by atoms with E-state index in [1.54, 1.807) is 12.3 Å². The average Bonchev–Trinajstić information content (AvgIpc) is 2.91. The van der Waals surface area contributed by atoms with E-state index in [4.69, 9.17) is 0 Å². The van der Waals surface area contributed by atoms with Crippen LogP contribution in [0.2, 0.25) is 0 Å². The summed E-state index contributed by atoms with van der Waals surface area (Å²) >= 11 is 0. The lowest BCUT2D eigenvalue weighted by atomic mass is 10.1. The number of benzene rings is 1. The van der Waals surface area contributed by atoms with Crippen LogP contribution in [0.5, 0.6) is 0 Å². The third-order valence-electron chi connectivity index (χ3n) is 2.88. The SMILES string of the molecule is FC(F)(F)c1cccc(CNCCCn2cccn2)c1. The van der Waals surface area contributed by atoms with Crippen LogP contribution in [0.25, 0.3) is 0 Å². The second-order valence-electron chi connectivity index (χ2n) is 4.50. The minimum Gasteiger partial charge on any atom is -0.313 e. The van der Waals surface area contributed by atoms with Gasteiger partial charge >= 0.3 is 6.18 Å². The van der Waals surface area contributed by atoms with Crippen LogP contribution < -0.4 is 5.32 Å². The van der Waals surface area contributed by atoms with Crippen LogP contribution in [-0.2, 0) is 19.3 Å². The van der Waals surface area contributed by atoms with Gasteiger partial charge in [-0.3, -0.25) is 4.68 Å². The quantitative estimate of drug-likeness (QED) is 0.826. The number of alkyl halides is 3. The highest BCUT2D eigenvalue weighted by Gasteiger charge is 2.30. The summed E-state index contributed by atoms with van der Waals surface area (Å²) in [5.41, 5.74) is 0.0345. The van der Waals surface area contributed by atoms with Crippen molar-refractivity contribution in [2.24, 2.45) is 0 Å². The maximum absolute atomic E-state index is 12.5. The number of aromatic nitrogens is 2. The first-order valence-electron chi connectivity index (χ1n) is 6.40. The van der Waals surface area contributed by atoms with Gasteiger partial charge in [-0.1, -0.05) is 18.2 Å². The summed E-state index contributed by atoms with van der Waals surface area (Å²) in [7, 11) is 0. The highest BCUT2D eigenvalue weighted by atomic mass is 19.4. The lowest BCUT2D eigenvalue weighted by Crippen LogP contribution is -2.17. The molecule has 0 aliphatic carbocycles. The van der Waals surface area contributed by atoms with Crippen LogP contribution >= 0.6 is 0 Å². The molecule has 1 heterocycles. The van der Waals surface area contributed by atoms with E-state index in [2.05, 4.69) is 10.4 Å². The lowest BCUT2D eigenvalue weighted by Gasteiger charge is -2.09. The molecule has 1 N–H and O–H groups in total. The molecule has 0 saturated carbocycles. The van der Waals surface area contributed by atoms with E-state index in [-0.39, 0.29) is 0 Å². The third kappa shape index (κ3) is 4.38. The fourth-order valence-electron chi connectivity index (χ4n) is 1.89. The number of nitrogens with zero attached hydrogens (tertiary/aromatic N) is 2. The van der Waals surface area contributed by atoms with Gasteiger partial charge in [0.1, 0.15) is 0 Å². The molecule has 20 heavy (non-hydrogen) atoms. The van der Waals surface area contributed by atoms with Gasteiger partial charge in [-0.25, -0.2) is 0 Å². The summed E-state index contributed by atoms with van der Waals surface area (Å²) in [4.78, 5) is 0. The number of rotatable bonds is 6. The first-order chi connectivity index (χ1) is 9.55. The minimum atomic E-state index is -4.28. The van der Waals surface area contributed by atoms with Crippen LogP contribution in [0.15, 0.2) is 42.7 Å². The molecule has 0 radical (unpaired) electrons. The highest BCUT2D eigenvalue weighted by molar-refractivity contribution is 5.25. The second kappa shape index (κ2) is 6.56. The molecular weight excluding hydrogens is 267 g/mol. The number of halogens is 3. The average molecular weight is 283 g/mol. The van der Waals surface area contributed by atoms with Crippen molar-refractivity contribution in [3.8, 4) is 0 Å². The zero-order valence-corrected chi connectivity index (χ0v) is 10.9. The van der Waals surface area contributed by atoms with Gasteiger partial charge in [-0.05, 0) is 30.7 Å². The second-order valence-corrected chi connectivity index (χ2v) is 4.50. The Kier molecular flexibility index (Phi) is 4.79. The van der Waals surface area contributed by atoms with E-state index in [1.165, 1.54) is 12.1 Å². The fourth-order valence-corrected chi connectivity index (χ4v) is 1.89. The van der Waals surface area contributed by atoms with Gasteiger partial charge < -0.3 is 5.32 Å². The molecule has 0 unspecified atom stereocenters. The van der Waals surface area contributed by atoms with Crippen LogP contribution in [0.3, 0.4) is 0 Å². The molecule has 6 heteroatoms. The molecule has 1 aromatic heterocycles. The van der Waals surface area contributed by atoms with Crippen molar-refractivity contribution in [2.75, 3.05) is 6.54 Å². The summed E-state index contributed by atoms with van der Waals surface area (Å²) in [6.45, 7) is 1.96. The summed E-state index contributed by atoms with van der Waals surface area (Å²) in [6, 6.07) is 7.25. The van der Waals surface area contributed by atoms with E-state index in [9.17, 15) is 13.2 Å². The van der Waals surface area contributed by atoms with Gasteiger partial charge in [-0.15, -0.1) is 0 Å². The number of aryl methyl sites for hydroxylation is 1. The maximum Gasteiger partial charge on any atom is 0.416 e. The van der Waals surface area contributed by atoms with Gasteiger partial charge in [0.15, 0.2) is 0 Å². The van der Waals surface area contributed by atoms with E-state index >= 15 is 0 Å². The van der Waals surface area contributed by atoms with Gasteiger partial charge in [0.05, 0.1) is 5.56 Å². The topological polar surface area (TPSA) is 29.9 Å². The Balaban J connectivity index is 1.74. The summed E-state index contributed by atoms with van der Waals surface area (Å²) in [5.74, 6) is 0. The van der Waals surface area contributed by atoms with E-state index < -0.39 is 11.7 Å². The van der Waals surface area contributed by atoms with E-state index in [0.717, 1.165) is 25.6 Å². The molecule has 1 aromatic carbocycles. The Morgan fingerprint density at radius 2 is 2.05 bits per heavy atom. The Morgan fingerprint density at radius 1 is 1.20 bits per heavy atom. The van der Waals surface area contributed by atoms with Crippen molar-refractivity contribution in [3.63, 3.8) is 0 Å². The summed E-state index contributed by atoms with van der Waals surface area (Å²) in [6.07, 6.45) is 0.194. The molecule has 0 aliphatic rings. The molecule has 0 fully saturated rings. The standard InChI is InChI=1S/C14H16F3N3/c15-14(16,17)13-5-1-4-12(10-13)11-18-6-2-8-20-9-3-7-19-20/h1,3-5,7,9-10,18H,2,6,8,11H2. The maximum atomic E-state index is 12.5. The Morgan fingerprint density at radius 3 is 2.75 bits per heavy atom. The molecule has 108 valence electrons. The van der Waals surface area contributed by atoms with Gasteiger partial charge in [0.25, 0.3) is 0 Å². The van der Waals surface area contributed by atoms with Crippen molar-refractivity contribution in [1.29, 1.82) is 0 Å². The number of hydrogen-bond donors (Lipinski definition) is 1. The van der Waals surface area contributed by atoms with Crippen LogP contribution in [-0.4, -0.2) is 16.3 Å². The van der Waals surface area contributed by atoms with Crippen molar-refractivity contribution in [3.05, 3.63) is 53.9 Å². The number of hydrogen-bond acceptors (Lipinski definition) is 2. The van der Waals surface area contributed by atoms with E-state index in [1.807, 2.05) is 16.9 Å². The van der Waals surface area contributed by atoms with Gasteiger partial charge in [-0.2, -0.15) is 18.3 Å². The monoisotopic (exact) mass is 283 g/mol. The largest absolute Gasteiger partial charge is 0.416 e. The fraction of sp³-hybridized carbons (Fsp3) is 0.357. The van der Waals surface area contributed by atoms with Crippen LogP contribution in [0.4, 0.5) is 13.2 Å². The normalized spacial score (nSPS) is 11.8. The lowest BCUT2D eigenvalue weighted by molar-refractivity contribution is -0.137. The zero-order valence-electron chi connectivity index (χ0n) is 10.9. The molecule has 2 aromatic rings. The Labute approximate surface area is 115 Å². The zero-order chi connectivity index (χ0) is 14.4. The van der Waals surface area contributed by atoms with Crippen molar-refractivity contribution in [1.82, 2.24) is 15.1 Å². The Bertz CT molecular complexity index is 521. The summed E-state index contributed by atoms with van der Waals surface area (Å²) in [5, 5.41) is 7.21. The number of nitrogens with one attached hydrogen (secondary N) is 1. The highest BCUT2D eigenvalue weighted by Crippen LogP contribution is 2.29. The molecule has 0 spiro atoms. The molecule has 3 nitrogen and oxygen atoms in total. The molecule has 0 atom stereocenters. The van der Waals surface area contributed by atoms with Gasteiger partial charge in [0, 0.05) is 25.5 Å². The first-order valence-corrected chi connectivity index (χ1v) is 6.40. The molecule has 0 amide bonds. The van der Waals surface area contributed by atoms with Crippen molar-refractivity contribution < 1.29 is 13.2 Å². The molecule has 2 rings (SSSR count). The van der Waals surface area contributed by atoms with Crippen molar-refractivity contribution >= 4 is 0 Å². The summed E-state index contributed by atoms with van der Waals surface area (Å²) < 4.78 is 39.4. The molecule has 0 aliphatic heterocycles. The predicted octanol–water partition coefficient (Wildman–Crippen LogP) is 3.08.